The van der Waals surface area contributed by atoms with Crippen LogP contribution in [0.15, 0.2) is 12.1 Å². The zero-order chi connectivity index (χ0) is 16.7. The molecule has 0 radical (unpaired) electrons. The highest BCUT2D eigenvalue weighted by Gasteiger charge is 2.14. The van der Waals surface area contributed by atoms with Crippen molar-refractivity contribution in [2.75, 3.05) is 18.6 Å². The zero-order valence-corrected chi connectivity index (χ0v) is 14.2. The molecule has 0 fully saturated rings. The molecular formula is C16H22NO4S-. The number of ether oxygens (including phenoxy) is 1. The molecule has 0 aliphatic carbocycles. The Hall–Kier alpha value is -1.69. The van der Waals surface area contributed by atoms with E-state index in [9.17, 15) is 14.7 Å². The first-order valence-electron chi connectivity index (χ1n) is 7.05. The van der Waals surface area contributed by atoms with E-state index < -0.39 is 17.9 Å². The molecule has 0 bridgehead atoms. The molecule has 0 saturated heterocycles. The molecule has 0 aliphatic heterocycles. The van der Waals surface area contributed by atoms with Gasteiger partial charge in [-0.2, -0.15) is 11.8 Å². The van der Waals surface area contributed by atoms with E-state index in [1.165, 1.54) is 11.8 Å². The minimum atomic E-state index is -1.27. The Bertz CT molecular complexity index is 545. The van der Waals surface area contributed by atoms with Gasteiger partial charge in [0.25, 0.3) is 5.91 Å². The predicted molar refractivity (Wildman–Crippen MR) is 86.1 cm³/mol. The smallest absolute Gasteiger partial charge is 0.258 e. The summed E-state index contributed by atoms with van der Waals surface area (Å²) < 4.78 is 5.56. The molecule has 1 atom stereocenters. The molecule has 0 aromatic heterocycles. The summed E-state index contributed by atoms with van der Waals surface area (Å²) in [6, 6.07) is 2.94. The number of benzene rings is 1. The standard InChI is InChI=1S/C16H23NO4S/c1-10-5-6-11(2)15(12(10)3)21-9-14(18)17-13(16(19)20)7-8-22-4/h5-6,13H,7-9H2,1-4H3,(H,17,18)(H,19,20)/p-1/t13-/m1/s1. The molecule has 1 aromatic rings. The Morgan fingerprint density at radius 3 is 2.50 bits per heavy atom. The van der Waals surface area contributed by atoms with Crippen LogP contribution in [0.3, 0.4) is 0 Å². The minimum absolute atomic E-state index is 0.214. The summed E-state index contributed by atoms with van der Waals surface area (Å²) in [7, 11) is 0. The lowest BCUT2D eigenvalue weighted by molar-refractivity contribution is -0.308. The summed E-state index contributed by atoms with van der Waals surface area (Å²) in [6.45, 7) is 5.59. The van der Waals surface area contributed by atoms with Gasteiger partial charge in [-0.1, -0.05) is 12.1 Å². The van der Waals surface area contributed by atoms with Crippen molar-refractivity contribution in [2.24, 2.45) is 0 Å². The van der Waals surface area contributed by atoms with Gasteiger partial charge in [0.2, 0.25) is 0 Å². The molecular weight excluding hydrogens is 302 g/mol. The van der Waals surface area contributed by atoms with Crippen LogP contribution in [0, 0.1) is 20.8 Å². The SMILES string of the molecule is CSCC[C@@H](NC(=O)COc1c(C)ccc(C)c1C)C(=O)[O-]. The van der Waals surface area contributed by atoms with Gasteiger partial charge in [0, 0.05) is 0 Å². The number of hydrogen-bond donors (Lipinski definition) is 1. The van der Waals surface area contributed by atoms with Gasteiger partial charge in [0.05, 0.1) is 12.0 Å². The molecule has 1 amide bonds. The average molecular weight is 324 g/mol. The molecule has 0 aliphatic rings. The van der Waals surface area contributed by atoms with E-state index in [2.05, 4.69) is 5.32 Å². The molecule has 0 heterocycles. The Balaban J connectivity index is 2.62. The largest absolute Gasteiger partial charge is 0.548 e. The molecule has 22 heavy (non-hydrogen) atoms. The van der Waals surface area contributed by atoms with Crippen molar-refractivity contribution in [3.05, 3.63) is 28.8 Å². The van der Waals surface area contributed by atoms with Crippen LogP contribution in [-0.4, -0.2) is 36.5 Å². The molecule has 0 saturated carbocycles. The van der Waals surface area contributed by atoms with Crippen LogP contribution in [0.5, 0.6) is 5.75 Å². The quantitative estimate of drug-likeness (QED) is 0.771. The number of carbonyl (C=O) groups excluding carboxylic acids is 2. The van der Waals surface area contributed by atoms with Crippen LogP contribution >= 0.6 is 11.8 Å². The van der Waals surface area contributed by atoms with E-state index in [1.54, 1.807) is 0 Å². The second-order valence-electron chi connectivity index (χ2n) is 5.16. The maximum absolute atomic E-state index is 11.9. The predicted octanol–water partition coefficient (Wildman–Crippen LogP) is 0.978. The van der Waals surface area contributed by atoms with Crippen LogP contribution in [0.2, 0.25) is 0 Å². The van der Waals surface area contributed by atoms with Crippen LogP contribution in [-0.2, 0) is 9.59 Å². The van der Waals surface area contributed by atoms with Crippen LogP contribution < -0.4 is 15.2 Å². The number of aryl methyl sites for hydroxylation is 2. The highest BCUT2D eigenvalue weighted by molar-refractivity contribution is 7.98. The highest BCUT2D eigenvalue weighted by Crippen LogP contribution is 2.25. The third-order valence-electron chi connectivity index (χ3n) is 3.45. The summed E-state index contributed by atoms with van der Waals surface area (Å²) in [6.07, 6.45) is 2.21. The lowest BCUT2D eigenvalue weighted by Gasteiger charge is -2.20. The number of thioether (sulfide) groups is 1. The van der Waals surface area contributed by atoms with Gasteiger partial charge >= 0.3 is 0 Å². The number of rotatable bonds is 8. The Morgan fingerprint density at radius 1 is 1.27 bits per heavy atom. The molecule has 1 rings (SSSR count). The van der Waals surface area contributed by atoms with Gasteiger partial charge in [0.1, 0.15) is 5.75 Å². The van der Waals surface area contributed by atoms with Gasteiger partial charge < -0.3 is 20.0 Å². The van der Waals surface area contributed by atoms with Crippen molar-refractivity contribution < 1.29 is 19.4 Å². The Kier molecular flexibility index (Phi) is 7.24. The Morgan fingerprint density at radius 2 is 1.91 bits per heavy atom. The molecule has 1 aromatic carbocycles. The van der Waals surface area contributed by atoms with Crippen molar-refractivity contribution in [1.29, 1.82) is 0 Å². The third-order valence-corrected chi connectivity index (χ3v) is 4.10. The average Bonchev–Trinajstić information content (AvgIpc) is 2.47. The second kappa shape index (κ2) is 8.68. The van der Waals surface area contributed by atoms with Crippen molar-refractivity contribution >= 4 is 23.6 Å². The summed E-state index contributed by atoms with van der Waals surface area (Å²) in [4.78, 5) is 22.9. The van der Waals surface area contributed by atoms with E-state index in [0.29, 0.717) is 17.9 Å². The summed E-state index contributed by atoms with van der Waals surface area (Å²) >= 11 is 1.52. The minimum Gasteiger partial charge on any atom is -0.548 e. The van der Waals surface area contributed by atoms with Crippen molar-refractivity contribution in [3.8, 4) is 5.75 Å². The number of carbonyl (C=O) groups is 2. The van der Waals surface area contributed by atoms with Crippen molar-refractivity contribution in [3.63, 3.8) is 0 Å². The summed E-state index contributed by atoms with van der Waals surface area (Å²) in [5, 5.41) is 13.4. The first-order valence-corrected chi connectivity index (χ1v) is 8.45. The zero-order valence-electron chi connectivity index (χ0n) is 13.4. The maximum Gasteiger partial charge on any atom is 0.258 e. The van der Waals surface area contributed by atoms with E-state index in [1.807, 2.05) is 39.2 Å². The van der Waals surface area contributed by atoms with Gasteiger partial charge in [-0.15, -0.1) is 0 Å². The summed E-state index contributed by atoms with van der Waals surface area (Å²) in [5.74, 6) is -0.430. The van der Waals surface area contributed by atoms with Gasteiger partial charge in [0.15, 0.2) is 6.61 Å². The molecule has 1 N–H and O–H groups in total. The number of carboxylic acid groups (broad SMARTS) is 1. The van der Waals surface area contributed by atoms with E-state index in [4.69, 9.17) is 4.74 Å². The fourth-order valence-corrected chi connectivity index (χ4v) is 2.48. The third kappa shape index (κ3) is 5.26. The fourth-order valence-electron chi connectivity index (χ4n) is 2.01. The van der Waals surface area contributed by atoms with E-state index >= 15 is 0 Å². The molecule has 122 valence electrons. The Labute approximate surface area is 135 Å². The van der Waals surface area contributed by atoms with Crippen molar-refractivity contribution in [1.82, 2.24) is 5.32 Å². The maximum atomic E-state index is 11.9. The van der Waals surface area contributed by atoms with Crippen LogP contribution in [0.25, 0.3) is 0 Å². The number of amides is 1. The first kappa shape index (κ1) is 18.4. The van der Waals surface area contributed by atoms with Gasteiger partial charge in [-0.05, 0) is 55.9 Å². The van der Waals surface area contributed by atoms with Gasteiger partial charge in [-0.3, -0.25) is 4.79 Å². The molecule has 5 nitrogen and oxygen atoms in total. The number of aliphatic carboxylic acids is 1. The number of nitrogens with one attached hydrogen (secondary N) is 1. The molecule has 0 unspecified atom stereocenters. The monoisotopic (exact) mass is 324 g/mol. The van der Waals surface area contributed by atoms with E-state index in [0.717, 1.165) is 16.7 Å². The lowest BCUT2D eigenvalue weighted by atomic mass is 10.1. The van der Waals surface area contributed by atoms with E-state index in [-0.39, 0.29) is 6.61 Å². The van der Waals surface area contributed by atoms with Crippen molar-refractivity contribution in [2.45, 2.75) is 33.2 Å². The van der Waals surface area contributed by atoms with Crippen LogP contribution in [0.1, 0.15) is 23.1 Å². The second-order valence-corrected chi connectivity index (χ2v) is 6.15. The summed E-state index contributed by atoms with van der Waals surface area (Å²) in [5.41, 5.74) is 3.00. The number of carboxylic acids is 1. The lowest BCUT2D eigenvalue weighted by Crippen LogP contribution is -2.49. The highest BCUT2D eigenvalue weighted by atomic mass is 32.2. The first-order chi connectivity index (χ1) is 10.4. The molecule has 0 spiro atoms. The normalized spacial score (nSPS) is 11.8. The van der Waals surface area contributed by atoms with Crippen LogP contribution in [0.4, 0.5) is 0 Å². The fraction of sp³-hybridized carbons (Fsp3) is 0.500. The number of hydrogen-bond acceptors (Lipinski definition) is 5. The van der Waals surface area contributed by atoms with Gasteiger partial charge in [-0.25, -0.2) is 0 Å². The topological polar surface area (TPSA) is 78.5 Å². The molecule has 6 heteroatoms.